The van der Waals surface area contributed by atoms with E-state index in [-0.39, 0.29) is 24.5 Å². The molecule has 1 aromatic heterocycles. The number of rotatable bonds is 7. The van der Waals surface area contributed by atoms with Crippen LogP contribution in [-0.4, -0.2) is 23.5 Å². The van der Waals surface area contributed by atoms with Crippen LogP contribution in [0.1, 0.15) is 50.3 Å². The maximum Gasteiger partial charge on any atom is 0.310 e. The van der Waals surface area contributed by atoms with Gasteiger partial charge in [0.1, 0.15) is 6.10 Å². The van der Waals surface area contributed by atoms with Crippen molar-refractivity contribution >= 4 is 28.5 Å². The van der Waals surface area contributed by atoms with Gasteiger partial charge in [0.25, 0.3) is 0 Å². The summed E-state index contributed by atoms with van der Waals surface area (Å²) in [5, 5.41) is 5.32. The summed E-state index contributed by atoms with van der Waals surface area (Å²) >= 11 is 6.29. The Labute approximate surface area is 195 Å². The number of hydrogen-bond acceptors (Lipinski definition) is 4. The first kappa shape index (κ1) is 22.8. The Hall–Kier alpha value is -2.43. The smallest absolute Gasteiger partial charge is 0.310 e. The topological polar surface area (TPSA) is 51.2 Å². The highest BCUT2D eigenvalue weighted by molar-refractivity contribution is 6.31. The standard InChI is InChI=1S/C27H31ClN2O2/c1-3-18-15-25(30-17-19(18)4-2)27(22-13-14-29-24-12-8-6-10-21(22)24)32-26(31)16-20-9-5-7-11-23(20)28/h5-14,18-19,25,27,30H,3-4,15-17H2,1-2H3/t18-,19-,25+,27-/m0/s1. The van der Waals surface area contributed by atoms with Gasteiger partial charge in [-0.05, 0) is 48.6 Å². The molecule has 4 atom stereocenters. The van der Waals surface area contributed by atoms with E-state index in [0.29, 0.717) is 16.9 Å². The Balaban J connectivity index is 1.65. The summed E-state index contributed by atoms with van der Waals surface area (Å²) < 4.78 is 6.22. The highest BCUT2D eigenvalue weighted by Gasteiger charge is 2.36. The van der Waals surface area contributed by atoms with Gasteiger partial charge in [-0.25, -0.2) is 0 Å². The Morgan fingerprint density at radius 1 is 1.09 bits per heavy atom. The number of piperidine rings is 1. The molecule has 0 unspecified atom stereocenters. The van der Waals surface area contributed by atoms with E-state index in [1.807, 2.05) is 48.7 Å². The highest BCUT2D eigenvalue weighted by atomic mass is 35.5. The third kappa shape index (κ3) is 4.97. The summed E-state index contributed by atoms with van der Waals surface area (Å²) in [5.74, 6) is 1.01. The number of fused-ring (bicyclic) bond motifs is 1. The molecule has 2 aromatic carbocycles. The minimum Gasteiger partial charge on any atom is -0.456 e. The molecule has 5 heteroatoms. The van der Waals surface area contributed by atoms with E-state index >= 15 is 0 Å². The first-order chi connectivity index (χ1) is 15.6. The van der Waals surface area contributed by atoms with Crippen LogP contribution < -0.4 is 5.32 Å². The van der Waals surface area contributed by atoms with Gasteiger partial charge in [0.05, 0.1) is 11.9 Å². The molecule has 0 amide bonds. The van der Waals surface area contributed by atoms with Crippen LogP contribution in [-0.2, 0) is 16.0 Å². The molecule has 4 nitrogen and oxygen atoms in total. The van der Waals surface area contributed by atoms with Crippen molar-refractivity contribution in [2.45, 2.75) is 51.7 Å². The number of pyridine rings is 1. The second-order valence-corrected chi connectivity index (χ2v) is 9.09. The van der Waals surface area contributed by atoms with Crippen LogP contribution >= 0.6 is 11.6 Å². The average Bonchev–Trinajstić information content (AvgIpc) is 2.83. The summed E-state index contributed by atoms with van der Waals surface area (Å²) in [6.07, 6.45) is 4.85. The van der Waals surface area contributed by atoms with Gasteiger partial charge in [0.2, 0.25) is 0 Å². The van der Waals surface area contributed by atoms with Crippen LogP contribution in [0.2, 0.25) is 5.02 Å². The Morgan fingerprint density at radius 2 is 1.84 bits per heavy atom. The number of benzene rings is 2. The summed E-state index contributed by atoms with van der Waals surface area (Å²) in [6.45, 7) is 5.46. The lowest BCUT2D eigenvalue weighted by Gasteiger charge is -2.40. The molecule has 1 aliphatic heterocycles. The molecular formula is C27H31ClN2O2. The molecule has 0 saturated carbocycles. The van der Waals surface area contributed by atoms with E-state index in [1.54, 1.807) is 6.07 Å². The van der Waals surface area contributed by atoms with Crippen LogP contribution in [0.4, 0.5) is 0 Å². The van der Waals surface area contributed by atoms with Crippen molar-refractivity contribution in [3.05, 3.63) is 76.9 Å². The normalized spacial score (nSPS) is 21.9. The van der Waals surface area contributed by atoms with Crippen molar-refractivity contribution in [3.63, 3.8) is 0 Å². The third-order valence-corrected chi connectivity index (χ3v) is 7.19. The molecule has 1 N–H and O–H groups in total. The average molecular weight is 451 g/mol. The molecule has 1 aliphatic rings. The quantitative estimate of drug-likeness (QED) is 0.440. The second kappa shape index (κ2) is 10.5. The monoisotopic (exact) mass is 450 g/mol. The van der Waals surface area contributed by atoms with E-state index < -0.39 is 0 Å². The number of carbonyl (C=O) groups is 1. The molecule has 2 heterocycles. The summed E-state index contributed by atoms with van der Waals surface area (Å²) in [7, 11) is 0. The highest BCUT2D eigenvalue weighted by Crippen LogP contribution is 2.36. The SMILES string of the molecule is CC[C@H]1CN[C@@H]([C@@H](OC(=O)Cc2ccccc2Cl)c2ccnc3ccccc23)C[C@@H]1CC. The molecule has 3 aromatic rings. The number of nitrogens with zero attached hydrogens (tertiary/aromatic N) is 1. The van der Waals surface area contributed by atoms with E-state index in [4.69, 9.17) is 16.3 Å². The van der Waals surface area contributed by atoms with E-state index in [1.165, 1.54) is 0 Å². The van der Waals surface area contributed by atoms with Crippen molar-refractivity contribution in [3.8, 4) is 0 Å². The number of esters is 1. The molecule has 168 valence electrons. The van der Waals surface area contributed by atoms with Crippen molar-refractivity contribution in [2.75, 3.05) is 6.54 Å². The fraction of sp³-hybridized carbons (Fsp3) is 0.407. The van der Waals surface area contributed by atoms with Gasteiger partial charge in [-0.1, -0.05) is 74.7 Å². The van der Waals surface area contributed by atoms with Crippen LogP contribution in [0, 0.1) is 11.8 Å². The van der Waals surface area contributed by atoms with Crippen molar-refractivity contribution < 1.29 is 9.53 Å². The van der Waals surface area contributed by atoms with Crippen molar-refractivity contribution in [1.29, 1.82) is 0 Å². The minimum absolute atomic E-state index is 0.0590. The van der Waals surface area contributed by atoms with Crippen LogP contribution in [0.25, 0.3) is 10.9 Å². The van der Waals surface area contributed by atoms with Gasteiger partial charge in [-0.15, -0.1) is 0 Å². The van der Waals surface area contributed by atoms with Crippen LogP contribution in [0.15, 0.2) is 60.8 Å². The van der Waals surface area contributed by atoms with Crippen LogP contribution in [0.5, 0.6) is 0 Å². The van der Waals surface area contributed by atoms with Crippen molar-refractivity contribution in [1.82, 2.24) is 10.3 Å². The lowest BCUT2D eigenvalue weighted by molar-refractivity contribution is -0.151. The number of nitrogens with one attached hydrogen (secondary N) is 1. The van der Waals surface area contributed by atoms with Gasteiger partial charge >= 0.3 is 5.97 Å². The number of para-hydroxylation sites is 1. The Bertz CT molecular complexity index is 1060. The van der Waals surface area contributed by atoms with Gasteiger partial charge in [-0.3, -0.25) is 9.78 Å². The summed E-state index contributed by atoms with van der Waals surface area (Å²) in [5.41, 5.74) is 2.70. The van der Waals surface area contributed by atoms with Gasteiger partial charge in [0.15, 0.2) is 0 Å². The zero-order valence-corrected chi connectivity index (χ0v) is 19.5. The van der Waals surface area contributed by atoms with Gasteiger partial charge in [-0.2, -0.15) is 0 Å². The lowest BCUT2D eigenvalue weighted by Crippen LogP contribution is -2.47. The number of aromatic nitrogens is 1. The maximum absolute atomic E-state index is 13.1. The molecule has 1 saturated heterocycles. The summed E-state index contributed by atoms with van der Waals surface area (Å²) in [6, 6.07) is 17.5. The van der Waals surface area contributed by atoms with Crippen LogP contribution in [0.3, 0.4) is 0 Å². The van der Waals surface area contributed by atoms with Gasteiger partial charge in [0, 0.05) is 28.2 Å². The first-order valence-corrected chi connectivity index (χ1v) is 12.0. The first-order valence-electron chi connectivity index (χ1n) is 11.6. The van der Waals surface area contributed by atoms with Gasteiger partial charge < -0.3 is 10.1 Å². The van der Waals surface area contributed by atoms with E-state index in [0.717, 1.165) is 47.8 Å². The van der Waals surface area contributed by atoms with Crippen molar-refractivity contribution in [2.24, 2.45) is 11.8 Å². The number of carbonyl (C=O) groups excluding carboxylic acids is 1. The fourth-order valence-corrected chi connectivity index (χ4v) is 5.19. The largest absolute Gasteiger partial charge is 0.456 e. The number of ether oxygens (including phenoxy) is 1. The molecule has 4 rings (SSSR count). The predicted molar refractivity (Wildman–Crippen MR) is 130 cm³/mol. The zero-order chi connectivity index (χ0) is 22.5. The molecule has 1 fully saturated rings. The molecule has 0 spiro atoms. The predicted octanol–water partition coefficient (Wildman–Crippen LogP) is 6.13. The maximum atomic E-state index is 13.1. The molecule has 32 heavy (non-hydrogen) atoms. The van der Waals surface area contributed by atoms with E-state index in [9.17, 15) is 4.79 Å². The fourth-order valence-electron chi connectivity index (χ4n) is 4.99. The molecule has 0 aliphatic carbocycles. The Morgan fingerprint density at radius 3 is 2.62 bits per heavy atom. The second-order valence-electron chi connectivity index (χ2n) is 8.68. The molecular weight excluding hydrogens is 420 g/mol. The molecule has 0 bridgehead atoms. The zero-order valence-electron chi connectivity index (χ0n) is 18.8. The van der Waals surface area contributed by atoms with E-state index in [2.05, 4.69) is 30.2 Å². The number of halogens is 1. The Kier molecular flexibility index (Phi) is 7.44. The number of hydrogen-bond donors (Lipinski definition) is 1. The third-order valence-electron chi connectivity index (χ3n) is 6.82. The lowest BCUT2D eigenvalue weighted by atomic mass is 9.77. The minimum atomic E-state index is -0.384. The summed E-state index contributed by atoms with van der Waals surface area (Å²) in [4.78, 5) is 17.6. The molecule has 0 radical (unpaired) electrons.